The van der Waals surface area contributed by atoms with Crippen LogP contribution in [0.4, 0.5) is 5.69 Å². The Morgan fingerprint density at radius 2 is 2.11 bits per heavy atom. The van der Waals surface area contributed by atoms with Crippen molar-refractivity contribution in [3.63, 3.8) is 0 Å². The largest absolute Gasteiger partial charge is 0.397 e. The van der Waals surface area contributed by atoms with E-state index >= 15 is 0 Å². The van der Waals surface area contributed by atoms with Crippen molar-refractivity contribution in [3.05, 3.63) is 22.7 Å². The van der Waals surface area contributed by atoms with Gasteiger partial charge in [0.05, 0.1) is 15.6 Å². The van der Waals surface area contributed by atoms with Gasteiger partial charge in [-0.3, -0.25) is 0 Å². The molecule has 2 rings (SSSR count). The fraction of sp³-hybridized carbons (Fsp3) is 0.538. The first kappa shape index (κ1) is 14.6. The molecule has 1 atom stereocenters. The molecule has 4 nitrogen and oxygen atoms in total. The van der Waals surface area contributed by atoms with Gasteiger partial charge in [-0.05, 0) is 43.4 Å². The number of rotatable bonds is 2. The summed E-state index contributed by atoms with van der Waals surface area (Å²) < 4.78 is 26.7. The van der Waals surface area contributed by atoms with Crippen molar-refractivity contribution >= 4 is 27.3 Å². The van der Waals surface area contributed by atoms with Crippen molar-refractivity contribution in [1.29, 1.82) is 0 Å². The van der Waals surface area contributed by atoms with E-state index in [9.17, 15) is 8.42 Å². The van der Waals surface area contributed by atoms with Gasteiger partial charge in [0.2, 0.25) is 10.0 Å². The highest BCUT2D eigenvalue weighted by atomic mass is 35.5. The lowest BCUT2D eigenvalue weighted by molar-refractivity contribution is 0.281. The Morgan fingerprint density at radius 3 is 2.68 bits per heavy atom. The van der Waals surface area contributed by atoms with Gasteiger partial charge in [-0.1, -0.05) is 18.5 Å². The van der Waals surface area contributed by atoms with Gasteiger partial charge in [-0.25, -0.2) is 8.42 Å². The standard InChI is InChI=1S/C13H19ClN2O2S/c1-9-4-3-5-16(8-9)19(17,18)11-6-10(2)13(14)12(15)7-11/h6-7,9H,3-5,8,15H2,1-2H3. The minimum Gasteiger partial charge on any atom is -0.397 e. The molecule has 1 aliphatic rings. The first-order chi connectivity index (χ1) is 8.82. The number of halogens is 1. The molecule has 1 aliphatic heterocycles. The third kappa shape index (κ3) is 2.88. The number of anilines is 1. The van der Waals surface area contributed by atoms with E-state index in [4.69, 9.17) is 17.3 Å². The number of hydrogen-bond acceptors (Lipinski definition) is 3. The molecular weight excluding hydrogens is 284 g/mol. The smallest absolute Gasteiger partial charge is 0.243 e. The summed E-state index contributed by atoms with van der Waals surface area (Å²) in [6.07, 6.45) is 1.98. The van der Waals surface area contributed by atoms with E-state index in [-0.39, 0.29) is 4.90 Å². The number of sulfonamides is 1. The van der Waals surface area contributed by atoms with Crippen molar-refractivity contribution in [3.8, 4) is 0 Å². The molecule has 0 saturated carbocycles. The van der Waals surface area contributed by atoms with Crippen LogP contribution in [-0.4, -0.2) is 25.8 Å². The summed E-state index contributed by atoms with van der Waals surface area (Å²) in [5.74, 6) is 0.397. The Morgan fingerprint density at radius 1 is 1.42 bits per heavy atom. The zero-order valence-corrected chi connectivity index (χ0v) is 12.8. The average Bonchev–Trinajstić information content (AvgIpc) is 2.35. The second-order valence-electron chi connectivity index (χ2n) is 5.25. The number of benzene rings is 1. The third-order valence-corrected chi connectivity index (χ3v) is 5.87. The van der Waals surface area contributed by atoms with Crippen molar-refractivity contribution in [2.24, 2.45) is 5.92 Å². The Labute approximate surface area is 119 Å². The highest BCUT2D eigenvalue weighted by Crippen LogP contribution is 2.30. The van der Waals surface area contributed by atoms with E-state index in [1.807, 2.05) is 0 Å². The van der Waals surface area contributed by atoms with Crippen LogP contribution < -0.4 is 5.73 Å². The second kappa shape index (κ2) is 5.31. The van der Waals surface area contributed by atoms with Gasteiger partial charge >= 0.3 is 0 Å². The number of nitrogens with zero attached hydrogens (tertiary/aromatic N) is 1. The lowest BCUT2D eigenvalue weighted by Gasteiger charge is -2.30. The molecule has 1 heterocycles. The maximum atomic E-state index is 12.6. The van der Waals surface area contributed by atoms with Gasteiger partial charge < -0.3 is 5.73 Å². The third-order valence-electron chi connectivity index (χ3n) is 3.51. The van der Waals surface area contributed by atoms with Crippen LogP contribution >= 0.6 is 11.6 Å². The zero-order chi connectivity index (χ0) is 14.2. The Hall–Kier alpha value is -0.780. The van der Waals surface area contributed by atoms with Crippen molar-refractivity contribution in [2.75, 3.05) is 18.8 Å². The molecule has 106 valence electrons. The van der Waals surface area contributed by atoms with Crippen LogP contribution in [-0.2, 0) is 10.0 Å². The normalized spacial score (nSPS) is 21.5. The molecule has 1 saturated heterocycles. The monoisotopic (exact) mass is 302 g/mol. The van der Waals surface area contributed by atoms with Crippen LogP contribution in [0.5, 0.6) is 0 Å². The summed E-state index contributed by atoms with van der Waals surface area (Å²) in [5, 5.41) is 0.422. The van der Waals surface area contributed by atoms with Crippen LogP contribution in [0, 0.1) is 12.8 Å². The van der Waals surface area contributed by atoms with Crippen LogP contribution in [0.1, 0.15) is 25.3 Å². The maximum absolute atomic E-state index is 12.6. The van der Waals surface area contributed by atoms with Crippen molar-refractivity contribution in [2.45, 2.75) is 31.6 Å². The SMILES string of the molecule is Cc1cc(S(=O)(=O)N2CCCC(C)C2)cc(N)c1Cl. The maximum Gasteiger partial charge on any atom is 0.243 e. The number of piperidine rings is 1. The summed E-state index contributed by atoms with van der Waals surface area (Å²) in [7, 11) is -3.46. The lowest BCUT2D eigenvalue weighted by atomic mass is 10.0. The van der Waals surface area contributed by atoms with Crippen LogP contribution in [0.3, 0.4) is 0 Å². The molecule has 2 N–H and O–H groups in total. The minimum atomic E-state index is -3.46. The number of aryl methyl sites for hydroxylation is 1. The van der Waals surface area contributed by atoms with Crippen molar-refractivity contribution in [1.82, 2.24) is 4.31 Å². The topological polar surface area (TPSA) is 63.4 Å². The summed E-state index contributed by atoms with van der Waals surface area (Å²) in [6.45, 7) is 4.98. The summed E-state index contributed by atoms with van der Waals surface area (Å²) in [5.41, 5.74) is 6.76. The molecule has 0 aliphatic carbocycles. The lowest BCUT2D eigenvalue weighted by Crippen LogP contribution is -2.39. The van der Waals surface area contributed by atoms with Crippen LogP contribution in [0.2, 0.25) is 5.02 Å². The molecule has 0 spiro atoms. The molecule has 1 unspecified atom stereocenters. The van der Waals surface area contributed by atoms with E-state index in [1.54, 1.807) is 17.3 Å². The van der Waals surface area contributed by atoms with E-state index in [2.05, 4.69) is 6.92 Å². The summed E-state index contributed by atoms with van der Waals surface area (Å²) in [4.78, 5) is 0.237. The van der Waals surface area contributed by atoms with E-state index in [1.165, 1.54) is 6.07 Å². The number of nitrogens with two attached hydrogens (primary N) is 1. The highest BCUT2D eigenvalue weighted by Gasteiger charge is 2.29. The quantitative estimate of drug-likeness (QED) is 0.854. The van der Waals surface area contributed by atoms with E-state index in [0.717, 1.165) is 12.8 Å². The predicted molar refractivity (Wildman–Crippen MR) is 77.8 cm³/mol. The fourth-order valence-corrected chi connectivity index (χ4v) is 4.25. The van der Waals surface area contributed by atoms with E-state index < -0.39 is 10.0 Å². The molecule has 1 aromatic rings. The van der Waals surface area contributed by atoms with Gasteiger partial charge in [-0.15, -0.1) is 0 Å². The highest BCUT2D eigenvalue weighted by molar-refractivity contribution is 7.89. The molecule has 0 radical (unpaired) electrons. The fourth-order valence-electron chi connectivity index (χ4n) is 2.43. The first-order valence-electron chi connectivity index (χ1n) is 6.38. The second-order valence-corrected chi connectivity index (χ2v) is 7.57. The first-order valence-corrected chi connectivity index (χ1v) is 8.20. The summed E-state index contributed by atoms with van der Waals surface area (Å²) >= 11 is 5.98. The molecule has 1 aromatic carbocycles. The van der Waals surface area contributed by atoms with Crippen LogP contribution in [0.25, 0.3) is 0 Å². The molecule has 19 heavy (non-hydrogen) atoms. The van der Waals surface area contributed by atoms with Crippen LogP contribution in [0.15, 0.2) is 17.0 Å². The average molecular weight is 303 g/mol. The Balaban J connectivity index is 2.39. The molecule has 0 aromatic heterocycles. The Bertz CT molecular complexity index is 563. The van der Waals surface area contributed by atoms with Gasteiger partial charge in [0.15, 0.2) is 0 Å². The van der Waals surface area contributed by atoms with Crippen molar-refractivity contribution < 1.29 is 8.42 Å². The van der Waals surface area contributed by atoms with Gasteiger partial charge in [-0.2, -0.15) is 4.31 Å². The number of hydrogen-bond donors (Lipinski definition) is 1. The summed E-state index contributed by atoms with van der Waals surface area (Å²) in [6, 6.07) is 3.04. The van der Waals surface area contributed by atoms with Gasteiger partial charge in [0, 0.05) is 13.1 Å². The molecule has 6 heteroatoms. The van der Waals surface area contributed by atoms with Gasteiger partial charge in [0.25, 0.3) is 0 Å². The van der Waals surface area contributed by atoms with E-state index in [0.29, 0.717) is 35.3 Å². The minimum absolute atomic E-state index is 0.237. The molecule has 0 amide bonds. The molecule has 0 bridgehead atoms. The Kier molecular flexibility index (Phi) is 4.08. The zero-order valence-electron chi connectivity index (χ0n) is 11.2. The molecule has 1 fully saturated rings. The number of nitrogen functional groups attached to an aromatic ring is 1. The van der Waals surface area contributed by atoms with Gasteiger partial charge in [0.1, 0.15) is 0 Å². The molecular formula is C13H19ClN2O2S. The predicted octanol–water partition coefficient (Wildman–Crippen LogP) is 2.65.